The van der Waals surface area contributed by atoms with Crippen LogP contribution < -0.4 is 11.1 Å². The zero-order valence-corrected chi connectivity index (χ0v) is 25.3. The molecule has 0 bridgehead atoms. The van der Waals surface area contributed by atoms with Crippen molar-refractivity contribution in [1.82, 2.24) is 18.7 Å². The van der Waals surface area contributed by atoms with Crippen molar-refractivity contribution in [1.29, 1.82) is 0 Å². The van der Waals surface area contributed by atoms with Gasteiger partial charge in [0.15, 0.2) is 0 Å². The molecule has 0 unspecified atom stereocenters. The van der Waals surface area contributed by atoms with Gasteiger partial charge in [-0.3, -0.25) is 39.2 Å². The quantitative estimate of drug-likeness (QED) is 0.224. The number of ether oxygens (including phenoxy) is 2. The van der Waals surface area contributed by atoms with Gasteiger partial charge in [-0.2, -0.15) is 4.39 Å². The third-order valence-corrected chi connectivity index (χ3v) is 8.16. The second kappa shape index (κ2) is 13.1. The van der Waals surface area contributed by atoms with Crippen molar-refractivity contribution < 1.29 is 32.5 Å². The van der Waals surface area contributed by atoms with Crippen molar-refractivity contribution in [3.8, 4) is 22.3 Å². The molecule has 19 heteroatoms. The summed E-state index contributed by atoms with van der Waals surface area (Å²) in [5, 5.41) is 21.9. The van der Waals surface area contributed by atoms with Gasteiger partial charge in [0.1, 0.15) is 21.9 Å². The van der Waals surface area contributed by atoms with E-state index in [4.69, 9.17) is 32.7 Å². The van der Waals surface area contributed by atoms with Crippen LogP contribution in [-0.2, 0) is 35.7 Å². The summed E-state index contributed by atoms with van der Waals surface area (Å²) in [5.41, 5.74) is -2.95. The predicted octanol–water partition coefficient (Wildman–Crippen LogP) is 4.54. The van der Waals surface area contributed by atoms with Crippen LogP contribution in [0.5, 0.6) is 0 Å². The normalized spacial score (nSPS) is 14.4. The van der Waals surface area contributed by atoms with Crippen molar-refractivity contribution in [3.63, 3.8) is 0 Å². The first-order valence-electron chi connectivity index (χ1n) is 13.6. The summed E-state index contributed by atoms with van der Waals surface area (Å²) in [6, 6.07) is 3.16. The number of hydrogen-bond acceptors (Lipinski definition) is 8. The highest BCUT2D eigenvalue weighted by Gasteiger charge is 2.28. The molecular weight excluding hydrogens is 664 g/mol. The summed E-state index contributed by atoms with van der Waals surface area (Å²) in [7, 11) is 0. The minimum Gasteiger partial charge on any atom is -0.378 e. The van der Waals surface area contributed by atoms with E-state index in [1.807, 2.05) is 0 Å². The fraction of sp³-hybridized carbons (Fsp3) is 0.333. The van der Waals surface area contributed by atoms with Crippen molar-refractivity contribution in [2.45, 2.75) is 33.1 Å². The molecule has 14 nitrogen and oxygen atoms in total. The van der Waals surface area contributed by atoms with Gasteiger partial charge in [0.25, 0.3) is 16.8 Å². The molecule has 46 heavy (non-hydrogen) atoms. The van der Waals surface area contributed by atoms with Crippen LogP contribution in [0.2, 0.25) is 10.3 Å². The largest absolute Gasteiger partial charge is 0.378 e. The number of rotatable bonds is 4. The summed E-state index contributed by atoms with van der Waals surface area (Å²) in [6.45, 7) is 3.89. The topological polar surface area (TPSA) is 159 Å². The molecule has 6 rings (SSSR count). The molecule has 0 spiro atoms. The lowest BCUT2D eigenvalue weighted by atomic mass is 10.0. The Hall–Kier alpha value is -4.45. The average molecular weight is 687 g/mol. The Morgan fingerprint density at radius 1 is 0.652 bits per heavy atom. The lowest BCUT2D eigenvalue weighted by Crippen LogP contribution is -2.23. The lowest BCUT2D eigenvalue weighted by molar-refractivity contribution is -0.387. The number of benzene rings is 2. The zero-order valence-electron chi connectivity index (χ0n) is 23.8. The van der Waals surface area contributed by atoms with Crippen LogP contribution in [0.3, 0.4) is 0 Å². The maximum absolute atomic E-state index is 14.3. The highest BCUT2D eigenvalue weighted by molar-refractivity contribution is 6.32. The first-order valence-corrected chi connectivity index (χ1v) is 14.3. The van der Waals surface area contributed by atoms with Gasteiger partial charge >= 0.3 is 5.69 Å². The van der Waals surface area contributed by atoms with E-state index in [1.54, 1.807) is 0 Å². The molecule has 2 aromatic heterocycles. The first kappa shape index (κ1) is 32.9. The van der Waals surface area contributed by atoms with Crippen LogP contribution >= 0.6 is 23.2 Å². The highest BCUT2D eigenvalue weighted by atomic mass is 35.5. The Bertz CT molecular complexity index is 1860. The smallest absolute Gasteiger partial charge is 0.305 e. The van der Waals surface area contributed by atoms with Crippen LogP contribution in [0.1, 0.15) is 5.56 Å². The Morgan fingerprint density at radius 3 is 1.48 bits per heavy atom. The van der Waals surface area contributed by atoms with Gasteiger partial charge in [0.05, 0.1) is 73.6 Å². The van der Waals surface area contributed by atoms with E-state index < -0.39 is 49.7 Å². The average Bonchev–Trinajstić information content (AvgIpc) is 3.23. The zero-order chi connectivity index (χ0) is 33.4. The van der Waals surface area contributed by atoms with Gasteiger partial charge in [0, 0.05) is 34.9 Å². The Labute approximate surface area is 265 Å². The van der Waals surface area contributed by atoms with Crippen molar-refractivity contribution in [2.75, 3.05) is 26.4 Å². The number of nitro benzene ring substituents is 2. The molecule has 4 aromatic rings. The van der Waals surface area contributed by atoms with E-state index in [-0.39, 0.29) is 64.5 Å². The molecule has 0 N–H and O–H groups in total. The fourth-order valence-corrected chi connectivity index (χ4v) is 5.90. The van der Waals surface area contributed by atoms with Crippen LogP contribution in [0.15, 0.2) is 33.9 Å². The summed E-state index contributed by atoms with van der Waals surface area (Å²) in [4.78, 5) is 45.4. The Morgan fingerprint density at radius 2 is 1.04 bits per heavy atom. The van der Waals surface area contributed by atoms with E-state index >= 15 is 0 Å². The number of aryl methyl sites for hydroxylation is 1. The monoisotopic (exact) mass is 686 g/mol. The van der Waals surface area contributed by atoms with E-state index in [1.165, 1.54) is 25.7 Å². The van der Waals surface area contributed by atoms with Crippen LogP contribution in [-0.4, -0.2) is 55.0 Å². The molecule has 0 saturated heterocycles. The lowest BCUT2D eigenvalue weighted by Gasteiger charge is -2.06. The number of aromatic nitrogens is 4. The second-order valence-electron chi connectivity index (χ2n) is 10.1. The summed E-state index contributed by atoms with van der Waals surface area (Å²) in [5.74, 6) is -3.13. The summed E-state index contributed by atoms with van der Waals surface area (Å²) < 4.78 is 57.9. The molecule has 0 amide bonds. The minimum absolute atomic E-state index is 0.0533. The van der Waals surface area contributed by atoms with E-state index in [0.29, 0.717) is 38.5 Å². The van der Waals surface area contributed by atoms with Crippen LogP contribution in [0, 0.1) is 44.6 Å². The fourth-order valence-electron chi connectivity index (χ4n) is 5.19. The standard InChI is InChI=1S/C14H13ClFN3O4.C13H10ClF2N3O4/c1-8-6-10(16)9(7-11(8)19(21)22)12-13(15)17-2-4-23-5-3-18(17)14(12)20;14-12-11(13(20)18-2-4-23-3-1-17(12)18)7-5-10(19(21)22)9(16)6-8(7)15/h6-7H,2-5H2,1H3;5-6H,1-4H2. The maximum Gasteiger partial charge on any atom is 0.305 e. The number of hydrogen-bond donors (Lipinski definition) is 0. The highest BCUT2D eigenvalue weighted by Crippen LogP contribution is 2.34. The summed E-state index contributed by atoms with van der Waals surface area (Å²) in [6.07, 6.45) is 0. The van der Waals surface area contributed by atoms with E-state index in [2.05, 4.69) is 0 Å². The molecule has 2 aromatic carbocycles. The first-order chi connectivity index (χ1) is 21.8. The Kier molecular flexibility index (Phi) is 9.39. The molecule has 0 atom stereocenters. The second-order valence-corrected chi connectivity index (χ2v) is 10.8. The van der Waals surface area contributed by atoms with Crippen LogP contribution in [0.4, 0.5) is 24.5 Å². The third kappa shape index (κ3) is 5.93. The maximum atomic E-state index is 14.3. The van der Waals surface area contributed by atoms with Crippen molar-refractivity contribution in [3.05, 3.63) is 98.5 Å². The predicted molar refractivity (Wildman–Crippen MR) is 158 cm³/mol. The van der Waals surface area contributed by atoms with Gasteiger partial charge in [-0.25, -0.2) is 18.1 Å². The molecule has 2 aliphatic rings. The number of halogens is 5. The van der Waals surface area contributed by atoms with E-state index in [0.717, 1.165) is 12.1 Å². The van der Waals surface area contributed by atoms with Gasteiger partial charge in [-0.05, 0) is 13.0 Å². The molecule has 0 saturated carbocycles. The molecule has 0 fully saturated rings. The van der Waals surface area contributed by atoms with Crippen molar-refractivity contribution in [2.24, 2.45) is 0 Å². The SMILES string of the molecule is Cc1cc(F)c(-c2c(Cl)n3n(c2=O)CCOCC3)cc1[N+](=O)[O-].O=c1c(-c2cc([N+](=O)[O-])c(F)cc2F)c(Cl)n2n1CCOCC2. The molecule has 0 radical (unpaired) electrons. The molecule has 244 valence electrons. The minimum atomic E-state index is -1.32. The number of fused-ring (bicyclic) bond motifs is 2. The number of nitrogens with zero attached hydrogens (tertiary/aromatic N) is 6. The summed E-state index contributed by atoms with van der Waals surface area (Å²) >= 11 is 12.4. The molecule has 4 heterocycles. The van der Waals surface area contributed by atoms with Gasteiger partial charge in [-0.1, -0.05) is 23.2 Å². The van der Waals surface area contributed by atoms with Gasteiger partial charge in [0.2, 0.25) is 5.82 Å². The van der Waals surface area contributed by atoms with Gasteiger partial charge < -0.3 is 9.47 Å². The molecular formula is C27H23Cl2F3N6O8. The van der Waals surface area contributed by atoms with E-state index in [9.17, 15) is 43.0 Å². The number of nitro groups is 2. The van der Waals surface area contributed by atoms with Crippen molar-refractivity contribution >= 4 is 34.6 Å². The van der Waals surface area contributed by atoms with Gasteiger partial charge in [-0.15, -0.1) is 0 Å². The Balaban J connectivity index is 0.000000181. The van der Waals surface area contributed by atoms with Crippen LogP contribution in [0.25, 0.3) is 22.3 Å². The third-order valence-electron chi connectivity index (χ3n) is 7.39. The molecule has 0 aliphatic carbocycles. The molecule has 2 aliphatic heterocycles.